The summed E-state index contributed by atoms with van der Waals surface area (Å²) >= 11 is 2.73. The largest absolute Gasteiger partial charge is 0.497 e. The first-order valence-electron chi connectivity index (χ1n) is 11.5. The lowest BCUT2D eigenvalue weighted by Crippen LogP contribution is -2.10. The summed E-state index contributed by atoms with van der Waals surface area (Å²) in [5.74, 6) is 1.55. The quantitative estimate of drug-likeness (QED) is 0.181. The number of anilines is 1. The van der Waals surface area contributed by atoms with Crippen molar-refractivity contribution in [3.05, 3.63) is 73.8 Å². The smallest absolute Gasteiger partial charge is 0.224 e. The van der Waals surface area contributed by atoms with E-state index in [9.17, 15) is 4.79 Å². The zero-order valence-electron chi connectivity index (χ0n) is 22.0. The van der Waals surface area contributed by atoms with Crippen LogP contribution in [0, 0.1) is 0 Å². The molecule has 1 amide bonds. The van der Waals surface area contributed by atoms with Gasteiger partial charge in [-0.25, -0.2) is 9.38 Å². The van der Waals surface area contributed by atoms with E-state index in [1.807, 2.05) is 68.6 Å². The normalized spacial score (nSPS) is 9.03. The molecule has 0 aliphatic heterocycles. The average molecular weight is 527 g/mol. The number of ether oxygens (including phenoxy) is 1. The third kappa shape index (κ3) is 13.6. The van der Waals surface area contributed by atoms with Crippen LogP contribution in [0.25, 0.3) is 22.0 Å². The molecule has 0 aliphatic carbocycles. The maximum atomic E-state index is 11.8. The van der Waals surface area contributed by atoms with Crippen molar-refractivity contribution >= 4 is 41.8 Å². The van der Waals surface area contributed by atoms with Gasteiger partial charge in [0.05, 0.1) is 7.11 Å². The third-order valence-electron chi connectivity index (χ3n) is 4.08. The summed E-state index contributed by atoms with van der Waals surface area (Å²) in [7, 11) is 1.65. The number of methoxy groups -OCH3 is 1. The van der Waals surface area contributed by atoms with E-state index in [1.165, 1.54) is 23.5 Å². The molecular formula is C28H38N4O2S2. The van der Waals surface area contributed by atoms with Crippen LogP contribution in [0.1, 0.15) is 40.0 Å². The second-order valence-corrected chi connectivity index (χ2v) is 8.38. The first-order valence-corrected chi connectivity index (χ1v) is 13.4. The van der Waals surface area contributed by atoms with E-state index in [-0.39, 0.29) is 5.91 Å². The highest BCUT2D eigenvalue weighted by molar-refractivity contribution is 7.97. The summed E-state index contributed by atoms with van der Waals surface area (Å²) < 4.78 is 13.0. The van der Waals surface area contributed by atoms with E-state index in [1.54, 1.807) is 19.3 Å². The van der Waals surface area contributed by atoms with Gasteiger partial charge in [0.15, 0.2) is 5.82 Å². The van der Waals surface area contributed by atoms with E-state index in [0.29, 0.717) is 12.2 Å². The monoisotopic (exact) mass is 526 g/mol. The van der Waals surface area contributed by atoms with Crippen LogP contribution in [-0.4, -0.2) is 35.3 Å². The van der Waals surface area contributed by atoms with E-state index in [4.69, 9.17) is 4.74 Å². The fourth-order valence-electron chi connectivity index (χ4n) is 2.46. The molecule has 0 aliphatic rings. The van der Waals surface area contributed by atoms with Crippen LogP contribution in [0.4, 0.5) is 5.69 Å². The van der Waals surface area contributed by atoms with Crippen LogP contribution in [0.3, 0.4) is 0 Å². The standard InChI is InChI=1S/C20H21N3O2S.2C3H6.C2H5NS/c1-3-4-5-18(24)21-16-10-6-14(7-11-16)19-22-20(26-23-19)15-8-12-17(25-2)13-9-15;2*1-3-2;1-3-4-2/h6-13H,3-5H2,1-2H3,(H,21,24);2*3H,1H2,2H3;1H2,2H3. The number of carbonyl (C=O) groups is 1. The number of hydrogen-bond donors (Lipinski definition) is 1. The summed E-state index contributed by atoms with van der Waals surface area (Å²) in [6.07, 6.45) is 7.84. The molecule has 0 unspecified atom stereocenters. The number of hydrogen-bond acceptors (Lipinski definition) is 7. The van der Waals surface area contributed by atoms with Gasteiger partial charge in [-0.15, -0.1) is 13.2 Å². The van der Waals surface area contributed by atoms with Crippen LogP contribution in [-0.2, 0) is 4.79 Å². The summed E-state index contributed by atoms with van der Waals surface area (Å²) in [6.45, 7) is 15.8. The van der Waals surface area contributed by atoms with E-state index in [2.05, 4.69) is 45.9 Å². The van der Waals surface area contributed by atoms with Gasteiger partial charge in [-0.3, -0.25) is 4.79 Å². The lowest BCUT2D eigenvalue weighted by atomic mass is 10.2. The average Bonchev–Trinajstić information content (AvgIpc) is 3.39. The van der Waals surface area contributed by atoms with Gasteiger partial charge >= 0.3 is 0 Å². The molecule has 0 bridgehead atoms. The molecule has 3 rings (SSSR count). The number of rotatable bonds is 8. The number of nitrogens with zero attached hydrogens (tertiary/aromatic N) is 3. The Hall–Kier alpha value is -3.23. The molecule has 0 radical (unpaired) electrons. The highest BCUT2D eigenvalue weighted by Gasteiger charge is 2.09. The van der Waals surface area contributed by atoms with Crippen molar-refractivity contribution in [2.24, 2.45) is 4.40 Å². The molecule has 194 valence electrons. The first kappa shape index (κ1) is 32.8. The number of carbonyl (C=O) groups excluding carboxylic acids is 1. The second kappa shape index (κ2) is 21.1. The minimum Gasteiger partial charge on any atom is -0.497 e. The minimum absolute atomic E-state index is 0.0492. The highest BCUT2D eigenvalue weighted by Crippen LogP contribution is 2.28. The van der Waals surface area contributed by atoms with Gasteiger partial charge in [-0.1, -0.05) is 25.5 Å². The molecule has 0 atom stereocenters. The van der Waals surface area contributed by atoms with Gasteiger partial charge in [0.25, 0.3) is 0 Å². The zero-order chi connectivity index (χ0) is 27.2. The number of amides is 1. The van der Waals surface area contributed by atoms with Crippen molar-refractivity contribution in [1.82, 2.24) is 9.36 Å². The molecule has 1 N–H and O–H groups in total. The molecule has 3 aromatic rings. The summed E-state index contributed by atoms with van der Waals surface area (Å²) in [6, 6.07) is 15.4. The number of aromatic nitrogens is 2. The van der Waals surface area contributed by atoms with Gasteiger partial charge in [-0.2, -0.15) is 4.37 Å². The van der Waals surface area contributed by atoms with Crippen LogP contribution < -0.4 is 10.1 Å². The Labute approximate surface area is 224 Å². The Morgan fingerprint density at radius 1 is 1.08 bits per heavy atom. The molecule has 0 saturated carbocycles. The van der Waals surface area contributed by atoms with Crippen molar-refractivity contribution < 1.29 is 9.53 Å². The number of nitrogens with one attached hydrogen (secondary N) is 1. The second-order valence-electron chi connectivity index (χ2n) is 7.01. The Kier molecular flexibility index (Phi) is 19.2. The first-order chi connectivity index (χ1) is 17.4. The predicted molar refractivity (Wildman–Crippen MR) is 160 cm³/mol. The van der Waals surface area contributed by atoms with Crippen LogP contribution in [0.2, 0.25) is 0 Å². The maximum absolute atomic E-state index is 11.8. The molecule has 8 heteroatoms. The summed E-state index contributed by atoms with van der Waals surface area (Å²) in [4.78, 5) is 16.4. The molecule has 1 heterocycles. The minimum atomic E-state index is 0.0492. The van der Waals surface area contributed by atoms with Gasteiger partial charge < -0.3 is 10.1 Å². The molecule has 1 aromatic heterocycles. The molecular weight excluding hydrogens is 488 g/mol. The van der Waals surface area contributed by atoms with Crippen molar-refractivity contribution in [2.75, 3.05) is 18.7 Å². The molecule has 0 spiro atoms. The van der Waals surface area contributed by atoms with Crippen molar-refractivity contribution in [3.63, 3.8) is 0 Å². The molecule has 6 nitrogen and oxygen atoms in total. The van der Waals surface area contributed by atoms with Gasteiger partial charge in [-0.05, 0) is 99.0 Å². The van der Waals surface area contributed by atoms with Crippen molar-refractivity contribution in [2.45, 2.75) is 40.0 Å². The van der Waals surface area contributed by atoms with E-state index >= 15 is 0 Å². The van der Waals surface area contributed by atoms with Gasteiger partial charge in [0, 0.05) is 29.5 Å². The fourth-order valence-corrected chi connectivity index (χ4v) is 3.14. The third-order valence-corrected chi connectivity index (χ3v) is 5.10. The Morgan fingerprint density at radius 3 is 2.08 bits per heavy atom. The number of benzene rings is 2. The van der Waals surface area contributed by atoms with Crippen molar-refractivity contribution in [3.8, 4) is 27.7 Å². The van der Waals surface area contributed by atoms with E-state index in [0.717, 1.165) is 40.4 Å². The Bertz CT molecular complexity index is 1010. The van der Waals surface area contributed by atoms with Crippen LogP contribution in [0.5, 0.6) is 5.75 Å². The zero-order valence-corrected chi connectivity index (χ0v) is 23.6. The van der Waals surface area contributed by atoms with Crippen LogP contribution in [0.15, 0.2) is 78.2 Å². The van der Waals surface area contributed by atoms with E-state index < -0.39 is 0 Å². The molecule has 2 aromatic carbocycles. The number of unbranched alkanes of at least 4 members (excludes halogenated alkanes) is 1. The van der Waals surface area contributed by atoms with Crippen molar-refractivity contribution in [1.29, 1.82) is 0 Å². The predicted octanol–water partition coefficient (Wildman–Crippen LogP) is 8.36. The summed E-state index contributed by atoms with van der Waals surface area (Å²) in [5, 5.41) is 3.77. The van der Waals surface area contributed by atoms with Crippen LogP contribution >= 0.6 is 23.5 Å². The summed E-state index contributed by atoms with van der Waals surface area (Å²) in [5.41, 5.74) is 2.72. The van der Waals surface area contributed by atoms with Gasteiger partial charge in [0.2, 0.25) is 5.91 Å². The fraction of sp³-hybridized carbons (Fsp3) is 0.286. The molecule has 0 fully saturated rings. The molecule has 0 saturated heterocycles. The van der Waals surface area contributed by atoms with Gasteiger partial charge in [0.1, 0.15) is 10.8 Å². The maximum Gasteiger partial charge on any atom is 0.224 e. The lowest BCUT2D eigenvalue weighted by Gasteiger charge is -2.05. The number of allylic oxidation sites excluding steroid dienone is 2. The SMILES string of the molecule is C=CC.C=CC.C=NSC.CCCCC(=O)Nc1ccc(-c2nsc(-c3ccc(OC)cc3)n2)cc1. The Balaban J connectivity index is 0.00000106. The topological polar surface area (TPSA) is 76.5 Å². The highest BCUT2D eigenvalue weighted by atomic mass is 32.2. The molecule has 36 heavy (non-hydrogen) atoms. The lowest BCUT2D eigenvalue weighted by molar-refractivity contribution is -0.116. The Morgan fingerprint density at radius 2 is 1.61 bits per heavy atom.